The molecule has 0 aliphatic rings. The Morgan fingerprint density at radius 3 is 2.75 bits per heavy atom. The van der Waals surface area contributed by atoms with Crippen molar-refractivity contribution in [1.82, 2.24) is 0 Å². The van der Waals surface area contributed by atoms with Crippen LogP contribution in [-0.4, -0.2) is 28.7 Å². The molecule has 0 amide bonds. The topological polar surface area (TPSA) is 101 Å². The third kappa shape index (κ3) is 3.18. The fraction of sp³-hybridized carbons (Fsp3) is 0.400. The highest BCUT2D eigenvalue weighted by Crippen LogP contribution is 2.22. The van der Waals surface area contributed by atoms with Crippen molar-refractivity contribution in [1.29, 1.82) is 0 Å². The fourth-order valence-electron chi connectivity index (χ4n) is 1.18. The number of nitrogens with two attached hydrogens (primary N) is 1. The number of rotatable bonds is 5. The largest absolute Gasteiger partial charge is 0.392 e. The van der Waals surface area contributed by atoms with Gasteiger partial charge in [-0.2, -0.15) is 0 Å². The number of aliphatic hydroxyl groups is 1. The first-order valence-corrected chi connectivity index (χ1v) is 4.93. The molecule has 0 saturated carbocycles. The number of hydrogen-bond acceptors (Lipinski definition) is 5. The van der Waals surface area contributed by atoms with Gasteiger partial charge in [0.25, 0.3) is 5.69 Å². The maximum Gasteiger partial charge on any atom is 0.292 e. The van der Waals surface area contributed by atoms with Crippen molar-refractivity contribution >= 4 is 11.4 Å². The average molecular weight is 225 g/mol. The van der Waals surface area contributed by atoms with Gasteiger partial charge < -0.3 is 16.2 Å². The van der Waals surface area contributed by atoms with E-state index in [-0.39, 0.29) is 12.2 Å². The Labute approximate surface area is 93.2 Å². The van der Waals surface area contributed by atoms with E-state index in [0.717, 1.165) is 0 Å². The van der Waals surface area contributed by atoms with E-state index in [0.29, 0.717) is 5.69 Å². The van der Waals surface area contributed by atoms with E-state index in [1.165, 1.54) is 6.07 Å². The molecule has 0 bridgehead atoms. The second-order valence-corrected chi connectivity index (χ2v) is 3.56. The summed E-state index contributed by atoms with van der Waals surface area (Å²) in [6.45, 7) is 1.86. The van der Waals surface area contributed by atoms with E-state index < -0.39 is 17.1 Å². The molecule has 6 nitrogen and oxygen atoms in total. The molecule has 0 aliphatic heterocycles. The lowest BCUT2D eigenvalue weighted by Crippen LogP contribution is -2.38. The molecular formula is C10H15N3O3. The number of hydrogen-bond donors (Lipinski definition) is 3. The Morgan fingerprint density at radius 1 is 1.56 bits per heavy atom. The highest BCUT2D eigenvalue weighted by Gasteiger charge is 2.14. The highest BCUT2D eigenvalue weighted by atomic mass is 16.6. The molecule has 88 valence electrons. The van der Waals surface area contributed by atoms with Crippen molar-refractivity contribution in [3.8, 4) is 0 Å². The molecule has 0 fully saturated rings. The molecule has 0 radical (unpaired) electrons. The Balaban J connectivity index is 2.70. The third-order valence-corrected chi connectivity index (χ3v) is 2.25. The van der Waals surface area contributed by atoms with Crippen molar-refractivity contribution in [2.75, 3.05) is 11.9 Å². The van der Waals surface area contributed by atoms with Crippen molar-refractivity contribution in [2.45, 2.75) is 19.1 Å². The van der Waals surface area contributed by atoms with Gasteiger partial charge in [-0.05, 0) is 13.0 Å². The maximum absolute atomic E-state index is 10.7. The van der Waals surface area contributed by atoms with Gasteiger partial charge in [0, 0.05) is 18.7 Å². The highest BCUT2D eigenvalue weighted by molar-refractivity contribution is 5.61. The number of anilines is 1. The summed E-state index contributed by atoms with van der Waals surface area (Å²) in [6.07, 6.45) is -0.657. The molecule has 1 aromatic carbocycles. The first-order valence-electron chi connectivity index (χ1n) is 4.93. The van der Waals surface area contributed by atoms with Crippen LogP contribution in [-0.2, 0) is 0 Å². The zero-order valence-corrected chi connectivity index (χ0v) is 8.96. The predicted octanol–water partition coefficient (Wildman–Crippen LogP) is 0.715. The number of benzene rings is 1. The zero-order valence-electron chi connectivity index (χ0n) is 8.96. The summed E-state index contributed by atoms with van der Waals surface area (Å²) in [7, 11) is 0. The van der Waals surface area contributed by atoms with Crippen molar-refractivity contribution in [2.24, 2.45) is 5.73 Å². The molecule has 4 N–H and O–H groups in total. The summed E-state index contributed by atoms with van der Waals surface area (Å²) in [5, 5.41) is 22.7. The third-order valence-electron chi connectivity index (χ3n) is 2.25. The summed E-state index contributed by atoms with van der Waals surface area (Å²) in [4.78, 5) is 10.2. The van der Waals surface area contributed by atoms with Crippen LogP contribution in [0.1, 0.15) is 6.92 Å². The minimum absolute atomic E-state index is 0.000271. The molecule has 2 atom stereocenters. The van der Waals surface area contributed by atoms with Crippen molar-refractivity contribution in [3.05, 3.63) is 34.4 Å². The van der Waals surface area contributed by atoms with E-state index in [2.05, 4.69) is 5.32 Å². The molecule has 0 heterocycles. The lowest BCUT2D eigenvalue weighted by molar-refractivity contribution is -0.384. The second-order valence-electron chi connectivity index (χ2n) is 3.56. The van der Waals surface area contributed by atoms with E-state index in [1.807, 2.05) is 0 Å². The van der Waals surface area contributed by atoms with Gasteiger partial charge >= 0.3 is 0 Å². The van der Waals surface area contributed by atoms with Crippen LogP contribution in [0.2, 0.25) is 0 Å². The summed E-state index contributed by atoms with van der Waals surface area (Å²) in [6, 6.07) is 5.85. The van der Waals surface area contributed by atoms with E-state index in [4.69, 9.17) is 5.73 Å². The van der Waals surface area contributed by atoms with E-state index in [1.54, 1.807) is 25.1 Å². The quantitative estimate of drug-likeness (QED) is 0.506. The standard InChI is InChI=1S/C10H15N3O3/c1-7(14)8(11)6-12-9-4-2-3-5-10(9)13(15)16/h2-5,7-8,12,14H,6,11H2,1H3. The SMILES string of the molecule is CC(O)C(N)CNc1ccccc1[N+](=O)[O-]. The Bertz CT molecular complexity index is 368. The van der Waals surface area contributed by atoms with Gasteiger partial charge in [-0.25, -0.2) is 0 Å². The van der Waals surface area contributed by atoms with Gasteiger partial charge in [0.15, 0.2) is 0 Å². The zero-order chi connectivity index (χ0) is 12.1. The van der Waals surface area contributed by atoms with Gasteiger partial charge in [-0.1, -0.05) is 12.1 Å². The molecule has 0 saturated heterocycles. The second kappa shape index (κ2) is 5.43. The smallest absolute Gasteiger partial charge is 0.292 e. The minimum Gasteiger partial charge on any atom is -0.392 e. The molecule has 1 aromatic rings. The van der Waals surface area contributed by atoms with Gasteiger partial charge in [0.05, 0.1) is 11.0 Å². The van der Waals surface area contributed by atoms with Crippen LogP contribution in [0, 0.1) is 10.1 Å². The van der Waals surface area contributed by atoms with Crippen LogP contribution in [0.3, 0.4) is 0 Å². The lowest BCUT2D eigenvalue weighted by Gasteiger charge is -2.15. The summed E-state index contributed by atoms with van der Waals surface area (Å²) < 4.78 is 0. The van der Waals surface area contributed by atoms with Gasteiger partial charge in [0.1, 0.15) is 5.69 Å². The number of aliphatic hydroxyl groups excluding tert-OH is 1. The van der Waals surface area contributed by atoms with Gasteiger partial charge in [0.2, 0.25) is 0 Å². The first kappa shape index (κ1) is 12.4. The maximum atomic E-state index is 10.7. The number of nitrogens with zero attached hydrogens (tertiary/aromatic N) is 1. The number of para-hydroxylation sites is 2. The number of nitrogens with one attached hydrogen (secondary N) is 1. The minimum atomic E-state index is -0.657. The molecular weight excluding hydrogens is 210 g/mol. The lowest BCUT2D eigenvalue weighted by atomic mass is 10.2. The molecule has 0 aliphatic carbocycles. The Hall–Kier alpha value is -1.66. The average Bonchev–Trinajstić information content (AvgIpc) is 2.25. The van der Waals surface area contributed by atoms with Gasteiger partial charge in [-0.15, -0.1) is 0 Å². The first-order chi connectivity index (χ1) is 7.52. The van der Waals surface area contributed by atoms with Crippen molar-refractivity contribution in [3.63, 3.8) is 0 Å². The number of nitro groups is 1. The fourth-order valence-corrected chi connectivity index (χ4v) is 1.18. The van der Waals surface area contributed by atoms with Crippen LogP contribution in [0.5, 0.6) is 0 Å². The molecule has 16 heavy (non-hydrogen) atoms. The van der Waals surface area contributed by atoms with Crippen LogP contribution in [0.15, 0.2) is 24.3 Å². The van der Waals surface area contributed by atoms with E-state index >= 15 is 0 Å². The molecule has 0 spiro atoms. The van der Waals surface area contributed by atoms with Crippen molar-refractivity contribution < 1.29 is 10.0 Å². The summed E-state index contributed by atoms with van der Waals surface area (Å²) >= 11 is 0. The van der Waals surface area contributed by atoms with Crippen LogP contribution < -0.4 is 11.1 Å². The van der Waals surface area contributed by atoms with Crippen LogP contribution >= 0.6 is 0 Å². The summed E-state index contributed by atoms with van der Waals surface area (Å²) in [5.74, 6) is 0. The molecule has 0 aromatic heterocycles. The monoisotopic (exact) mass is 225 g/mol. The van der Waals surface area contributed by atoms with Crippen LogP contribution in [0.4, 0.5) is 11.4 Å². The van der Waals surface area contributed by atoms with E-state index in [9.17, 15) is 15.2 Å². The molecule has 6 heteroatoms. The summed E-state index contributed by atoms with van der Waals surface area (Å²) in [5.41, 5.74) is 6.01. The molecule has 1 rings (SSSR count). The predicted molar refractivity (Wildman–Crippen MR) is 61.2 cm³/mol. The number of nitro benzene ring substituents is 1. The van der Waals surface area contributed by atoms with Crippen LogP contribution in [0.25, 0.3) is 0 Å². The normalized spacial score (nSPS) is 14.2. The Morgan fingerprint density at radius 2 is 2.19 bits per heavy atom. The Kier molecular flexibility index (Phi) is 4.21. The van der Waals surface area contributed by atoms with Gasteiger partial charge in [-0.3, -0.25) is 10.1 Å². The molecule has 2 unspecified atom stereocenters.